The van der Waals surface area contributed by atoms with Crippen molar-refractivity contribution in [2.24, 2.45) is 23.5 Å². The average Bonchev–Trinajstić information content (AvgIpc) is 2.22. The summed E-state index contributed by atoms with van der Waals surface area (Å²) in [4.78, 5) is 11.9. The summed E-state index contributed by atoms with van der Waals surface area (Å²) in [6.07, 6.45) is 4.20. The van der Waals surface area contributed by atoms with E-state index in [4.69, 9.17) is 10.5 Å². The molecule has 4 nitrogen and oxygen atoms in total. The molecule has 0 aromatic heterocycles. The van der Waals surface area contributed by atoms with Gasteiger partial charge in [-0.05, 0) is 49.9 Å². The van der Waals surface area contributed by atoms with Crippen molar-refractivity contribution in [2.75, 3.05) is 7.11 Å². The van der Waals surface area contributed by atoms with Crippen LogP contribution in [0.15, 0.2) is 0 Å². The Kier molecular flexibility index (Phi) is 1.97. The van der Waals surface area contributed by atoms with Gasteiger partial charge in [-0.2, -0.15) is 0 Å². The summed E-state index contributed by atoms with van der Waals surface area (Å²) in [5.41, 5.74) is 4.94. The van der Waals surface area contributed by atoms with Crippen LogP contribution < -0.4 is 5.73 Å². The first-order valence-corrected chi connectivity index (χ1v) is 6.07. The Morgan fingerprint density at radius 3 is 2.31 bits per heavy atom. The van der Waals surface area contributed by atoms with Crippen LogP contribution >= 0.6 is 0 Å². The van der Waals surface area contributed by atoms with Crippen molar-refractivity contribution in [3.63, 3.8) is 0 Å². The number of rotatable bonds is 1. The molecule has 0 heterocycles. The van der Waals surface area contributed by atoms with Crippen LogP contribution in [0.25, 0.3) is 0 Å². The smallest absolute Gasteiger partial charge is 0.326 e. The highest BCUT2D eigenvalue weighted by Gasteiger charge is 2.63. The van der Waals surface area contributed by atoms with Gasteiger partial charge in [0.05, 0.1) is 12.7 Å². The van der Waals surface area contributed by atoms with Crippen molar-refractivity contribution < 1.29 is 14.6 Å². The normalized spacial score (nSPS) is 54.1. The Hall–Kier alpha value is -0.610. The molecule has 4 rings (SSSR count). The molecular formula is C12H19NO3. The molecule has 2 atom stereocenters. The Balaban J connectivity index is 1.97. The molecule has 0 aliphatic heterocycles. The zero-order valence-electron chi connectivity index (χ0n) is 9.61. The minimum atomic E-state index is -0.835. The lowest BCUT2D eigenvalue weighted by Gasteiger charge is -2.61. The fraction of sp³-hybridized carbons (Fsp3) is 0.917. The first-order chi connectivity index (χ1) is 7.48. The number of esters is 1. The SMILES string of the molecule is COC(=O)C1(N)C2CC3CC1CC(O)(C3)C2. The summed E-state index contributed by atoms with van der Waals surface area (Å²) >= 11 is 0. The van der Waals surface area contributed by atoms with Gasteiger partial charge in [-0.3, -0.25) is 4.79 Å². The molecular weight excluding hydrogens is 206 g/mol. The molecule has 4 aliphatic rings. The van der Waals surface area contributed by atoms with E-state index in [1.165, 1.54) is 7.11 Å². The summed E-state index contributed by atoms with van der Waals surface area (Å²) < 4.78 is 4.87. The number of ether oxygens (including phenoxy) is 1. The van der Waals surface area contributed by atoms with Gasteiger partial charge < -0.3 is 15.6 Å². The maximum atomic E-state index is 11.9. The van der Waals surface area contributed by atoms with Crippen molar-refractivity contribution in [1.29, 1.82) is 0 Å². The van der Waals surface area contributed by atoms with Crippen LogP contribution in [-0.2, 0) is 9.53 Å². The van der Waals surface area contributed by atoms with Crippen LogP contribution in [0, 0.1) is 17.8 Å². The maximum Gasteiger partial charge on any atom is 0.326 e. The fourth-order valence-electron chi connectivity index (χ4n) is 4.51. The predicted octanol–water partition coefficient (Wildman–Crippen LogP) is 0.428. The van der Waals surface area contributed by atoms with Crippen molar-refractivity contribution in [3.05, 3.63) is 0 Å². The predicted molar refractivity (Wildman–Crippen MR) is 57.4 cm³/mol. The molecule has 0 spiro atoms. The first-order valence-electron chi connectivity index (χ1n) is 6.07. The quantitative estimate of drug-likeness (QED) is 0.635. The van der Waals surface area contributed by atoms with Crippen molar-refractivity contribution in [2.45, 2.75) is 43.2 Å². The minimum absolute atomic E-state index is 0.108. The van der Waals surface area contributed by atoms with Gasteiger partial charge in [-0.1, -0.05) is 0 Å². The van der Waals surface area contributed by atoms with Gasteiger partial charge in [-0.15, -0.1) is 0 Å². The largest absolute Gasteiger partial charge is 0.468 e. The molecule has 4 saturated carbocycles. The third-order valence-electron chi connectivity index (χ3n) is 5.05. The molecule has 4 heteroatoms. The van der Waals surface area contributed by atoms with Crippen molar-refractivity contribution >= 4 is 5.97 Å². The average molecular weight is 225 g/mol. The first kappa shape index (κ1) is 10.5. The highest BCUT2D eigenvalue weighted by molar-refractivity contribution is 5.82. The Bertz CT molecular complexity index is 325. The molecule has 2 unspecified atom stereocenters. The lowest BCUT2D eigenvalue weighted by Crippen LogP contribution is -2.71. The van der Waals surface area contributed by atoms with Gasteiger partial charge in [0.25, 0.3) is 0 Å². The molecule has 90 valence electrons. The van der Waals surface area contributed by atoms with E-state index in [0.717, 1.165) is 19.3 Å². The molecule has 0 radical (unpaired) electrons. The van der Waals surface area contributed by atoms with Crippen LogP contribution in [-0.4, -0.2) is 29.3 Å². The third-order valence-corrected chi connectivity index (χ3v) is 5.05. The zero-order chi connectivity index (χ0) is 11.6. The highest BCUT2D eigenvalue weighted by atomic mass is 16.5. The number of carbonyl (C=O) groups is 1. The molecule has 16 heavy (non-hydrogen) atoms. The zero-order valence-corrected chi connectivity index (χ0v) is 9.61. The van der Waals surface area contributed by atoms with Gasteiger partial charge in [0.15, 0.2) is 0 Å². The van der Waals surface area contributed by atoms with E-state index < -0.39 is 11.1 Å². The second-order valence-electron chi connectivity index (χ2n) is 5.99. The maximum absolute atomic E-state index is 11.9. The van der Waals surface area contributed by atoms with Crippen LogP contribution in [0.1, 0.15) is 32.1 Å². The topological polar surface area (TPSA) is 72.5 Å². The molecule has 0 amide bonds. The van der Waals surface area contributed by atoms with E-state index in [9.17, 15) is 9.90 Å². The molecule has 4 aliphatic carbocycles. The lowest BCUT2D eigenvalue weighted by atomic mass is 9.47. The molecule has 4 bridgehead atoms. The van der Waals surface area contributed by atoms with E-state index in [1.807, 2.05) is 0 Å². The van der Waals surface area contributed by atoms with Gasteiger partial charge in [0.2, 0.25) is 0 Å². The lowest BCUT2D eigenvalue weighted by molar-refractivity contribution is -0.186. The van der Waals surface area contributed by atoms with E-state index in [-0.39, 0.29) is 17.8 Å². The van der Waals surface area contributed by atoms with E-state index in [1.54, 1.807) is 0 Å². The van der Waals surface area contributed by atoms with Crippen molar-refractivity contribution in [3.8, 4) is 0 Å². The monoisotopic (exact) mass is 225 g/mol. The Morgan fingerprint density at radius 2 is 1.88 bits per heavy atom. The summed E-state index contributed by atoms with van der Waals surface area (Å²) in [6.45, 7) is 0. The van der Waals surface area contributed by atoms with E-state index in [0.29, 0.717) is 18.8 Å². The molecule has 3 N–H and O–H groups in total. The molecule has 0 aromatic rings. The number of hydrogen-bond donors (Lipinski definition) is 2. The van der Waals surface area contributed by atoms with E-state index >= 15 is 0 Å². The number of methoxy groups -OCH3 is 1. The Morgan fingerprint density at radius 1 is 1.31 bits per heavy atom. The van der Waals surface area contributed by atoms with Crippen LogP contribution in [0.5, 0.6) is 0 Å². The summed E-state index contributed by atoms with van der Waals surface area (Å²) in [5, 5.41) is 10.4. The standard InChI is InChI=1S/C12H19NO3/c1-16-10(14)12(13)8-2-7-3-9(12)6-11(15,4-7)5-8/h7-9,15H,2-6,13H2,1H3. The van der Waals surface area contributed by atoms with Gasteiger partial charge in [0.1, 0.15) is 5.54 Å². The summed E-state index contributed by atoms with van der Waals surface area (Å²) in [5.74, 6) is 0.487. The molecule has 0 saturated heterocycles. The number of aliphatic hydroxyl groups is 1. The third kappa shape index (κ3) is 1.14. The number of hydrogen-bond acceptors (Lipinski definition) is 4. The van der Waals surface area contributed by atoms with Gasteiger partial charge >= 0.3 is 5.97 Å². The second kappa shape index (κ2) is 2.99. The van der Waals surface area contributed by atoms with Crippen LogP contribution in [0.4, 0.5) is 0 Å². The minimum Gasteiger partial charge on any atom is -0.468 e. The summed E-state index contributed by atoms with van der Waals surface area (Å²) in [7, 11) is 1.40. The number of carbonyl (C=O) groups excluding carboxylic acids is 1. The van der Waals surface area contributed by atoms with Gasteiger partial charge in [0, 0.05) is 0 Å². The van der Waals surface area contributed by atoms with Crippen molar-refractivity contribution in [1.82, 2.24) is 0 Å². The Labute approximate surface area is 95.1 Å². The second-order valence-corrected chi connectivity index (χ2v) is 5.99. The van der Waals surface area contributed by atoms with Crippen LogP contribution in [0.2, 0.25) is 0 Å². The highest BCUT2D eigenvalue weighted by Crippen LogP contribution is 2.59. The van der Waals surface area contributed by atoms with E-state index in [2.05, 4.69) is 0 Å². The summed E-state index contributed by atoms with van der Waals surface area (Å²) in [6, 6.07) is 0. The van der Waals surface area contributed by atoms with Gasteiger partial charge in [-0.25, -0.2) is 0 Å². The molecule has 4 fully saturated rings. The van der Waals surface area contributed by atoms with Crippen LogP contribution in [0.3, 0.4) is 0 Å². The molecule has 0 aromatic carbocycles. The fourth-order valence-corrected chi connectivity index (χ4v) is 4.51. The number of nitrogens with two attached hydrogens (primary N) is 1.